The monoisotopic (exact) mass is 809 g/mol. The second-order valence-corrected chi connectivity index (χ2v) is 17.0. The fourth-order valence-corrected chi connectivity index (χ4v) is 7.48. The van der Waals surface area contributed by atoms with Gasteiger partial charge in [-0.2, -0.15) is 0 Å². The van der Waals surface area contributed by atoms with Crippen molar-refractivity contribution < 1.29 is 28.4 Å². The largest absolute Gasteiger partial charge is 0.472 e. The molecule has 9 heteroatoms. The van der Waals surface area contributed by atoms with E-state index in [0.29, 0.717) is 12.8 Å². The normalized spacial score (nSPS) is 14.4. The molecule has 0 saturated carbocycles. The minimum absolute atomic E-state index is 0.0847. The Morgan fingerprint density at radius 1 is 0.607 bits per heavy atom. The zero-order valence-corrected chi connectivity index (χ0v) is 37.3. The number of phosphoric ester groups is 1. The number of aliphatic hydroxyl groups excluding tert-OH is 1. The SMILES string of the molecule is CC/C=C\C/C=C\C/C=C\C/C=C\CCCCCCCCC(=O)NC(COP(=O)(O)OCCN)C(O)CCCCCCCCCCCCCCCCCCCC. The quantitative estimate of drug-likeness (QED) is 0.0274. The highest BCUT2D eigenvalue weighted by Crippen LogP contribution is 2.43. The van der Waals surface area contributed by atoms with Gasteiger partial charge in [0.25, 0.3) is 0 Å². The first-order valence-electron chi connectivity index (χ1n) is 23.3. The highest BCUT2D eigenvalue weighted by atomic mass is 31.2. The topological polar surface area (TPSA) is 131 Å². The van der Waals surface area contributed by atoms with E-state index in [2.05, 4.69) is 67.8 Å². The van der Waals surface area contributed by atoms with Gasteiger partial charge in [0.05, 0.1) is 25.4 Å². The second-order valence-electron chi connectivity index (χ2n) is 15.6. The molecule has 0 saturated heterocycles. The number of carbonyl (C=O) groups excluding carboxylic acids is 1. The van der Waals surface area contributed by atoms with Crippen molar-refractivity contribution in [3.63, 3.8) is 0 Å². The van der Waals surface area contributed by atoms with E-state index in [0.717, 1.165) is 77.0 Å². The number of hydrogen-bond acceptors (Lipinski definition) is 6. The Bertz CT molecular complexity index is 1020. The van der Waals surface area contributed by atoms with Crippen LogP contribution in [0.4, 0.5) is 0 Å². The third-order valence-electron chi connectivity index (χ3n) is 10.2. The summed E-state index contributed by atoms with van der Waals surface area (Å²) in [5.41, 5.74) is 5.39. The predicted molar refractivity (Wildman–Crippen MR) is 240 cm³/mol. The van der Waals surface area contributed by atoms with Crippen molar-refractivity contribution in [3.8, 4) is 0 Å². The molecule has 0 heterocycles. The van der Waals surface area contributed by atoms with Gasteiger partial charge in [0.2, 0.25) is 5.91 Å². The van der Waals surface area contributed by atoms with E-state index >= 15 is 0 Å². The van der Waals surface area contributed by atoms with Crippen molar-refractivity contribution in [2.24, 2.45) is 5.73 Å². The van der Waals surface area contributed by atoms with Crippen LogP contribution in [-0.4, -0.2) is 47.8 Å². The summed E-state index contributed by atoms with van der Waals surface area (Å²) in [6.07, 6.45) is 52.6. The van der Waals surface area contributed by atoms with Crippen LogP contribution in [0.2, 0.25) is 0 Å². The molecule has 0 spiro atoms. The number of carbonyl (C=O) groups is 1. The fraction of sp³-hybridized carbons (Fsp3) is 0.809. The number of nitrogens with one attached hydrogen (secondary N) is 1. The van der Waals surface area contributed by atoms with Crippen LogP contribution >= 0.6 is 7.82 Å². The lowest BCUT2D eigenvalue weighted by molar-refractivity contribution is -0.123. The molecule has 56 heavy (non-hydrogen) atoms. The van der Waals surface area contributed by atoms with E-state index in [4.69, 9.17) is 14.8 Å². The third kappa shape index (κ3) is 40.6. The highest BCUT2D eigenvalue weighted by Gasteiger charge is 2.27. The summed E-state index contributed by atoms with van der Waals surface area (Å²) in [5, 5.41) is 13.8. The molecule has 3 unspecified atom stereocenters. The van der Waals surface area contributed by atoms with Crippen molar-refractivity contribution in [2.75, 3.05) is 19.8 Å². The summed E-state index contributed by atoms with van der Waals surface area (Å²) in [6, 6.07) is -0.784. The Balaban J connectivity index is 4.15. The van der Waals surface area contributed by atoms with Crippen LogP contribution in [0.3, 0.4) is 0 Å². The molecular weight excluding hydrogens is 719 g/mol. The predicted octanol–water partition coefficient (Wildman–Crippen LogP) is 13.3. The maximum Gasteiger partial charge on any atom is 0.472 e. The molecule has 0 rings (SSSR count). The molecule has 0 aromatic rings. The lowest BCUT2D eigenvalue weighted by Gasteiger charge is -2.25. The number of rotatable bonds is 43. The summed E-state index contributed by atoms with van der Waals surface area (Å²) in [7, 11) is -4.32. The first-order valence-corrected chi connectivity index (χ1v) is 24.7. The molecule has 0 aromatic heterocycles. The average molecular weight is 809 g/mol. The number of aliphatic hydroxyl groups is 1. The van der Waals surface area contributed by atoms with Crippen molar-refractivity contribution in [1.29, 1.82) is 0 Å². The van der Waals surface area contributed by atoms with Gasteiger partial charge in [0.15, 0.2) is 0 Å². The Labute approximate surface area is 345 Å². The maximum atomic E-state index is 12.8. The van der Waals surface area contributed by atoms with E-state index < -0.39 is 20.0 Å². The number of unbranched alkanes of at least 4 members (excludes halogenated alkanes) is 23. The Morgan fingerprint density at radius 3 is 1.52 bits per heavy atom. The molecule has 3 atom stereocenters. The van der Waals surface area contributed by atoms with E-state index in [9.17, 15) is 19.4 Å². The van der Waals surface area contributed by atoms with Gasteiger partial charge in [-0.05, 0) is 51.4 Å². The molecule has 0 bridgehead atoms. The summed E-state index contributed by atoms with van der Waals surface area (Å²) in [6.45, 7) is 4.09. The van der Waals surface area contributed by atoms with Crippen molar-refractivity contribution in [3.05, 3.63) is 48.6 Å². The minimum atomic E-state index is -4.32. The van der Waals surface area contributed by atoms with E-state index in [1.165, 1.54) is 109 Å². The third-order valence-corrected chi connectivity index (χ3v) is 11.2. The zero-order valence-electron chi connectivity index (χ0n) is 36.4. The van der Waals surface area contributed by atoms with Gasteiger partial charge in [-0.25, -0.2) is 4.57 Å². The summed E-state index contributed by atoms with van der Waals surface area (Å²) < 4.78 is 22.2. The number of hydrogen-bond donors (Lipinski definition) is 4. The van der Waals surface area contributed by atoms with Gasteiger partial charge in [-0.15, -0.1) is 0 Å². The summed E-state index contributed by atoms with van der Waals surface area (Å²) in [5.74, 6) is -0.176. The van der Waals surface area contributed by atoms with E-state index in [1.54, 1.807) is 0 Å². The van der Waals surface area contributed by atoms with Crippen LogP contribution in [0.15, 0.2) is 48.6 Å². The smallest absolute Gasteiger partial charge is 0.391 e. The van der Waals surface area contributed by atoms with Crippen LogP contribution < -0.4 is 11.1 Å². The van der Waals surface area contributed by atoms with Crippen LogP contribution in [-0.2, 0) is 18.4 Å². The van der Waals surface area contributed by atoms with Crippen molar-refractivity contribution in [2.45, 2.75) is 225 Å². The van der Waals surface area contributed by atoms with Gasteiger partial charge < -0.3 is 21.1 Å². The minimum Gasteiger partial charge on any atom is -0.391 e. The van der Waals surface area contributed by atoms with E-state index in [-0.39, 0.29) is 25.7 Å². The average Bonchev–Trinajstić information content (AvgIpc) is 3.19. The molecule has 8 nitrogen and oxygen atoms in total. The number of amides is 1. The lowest BCUT2D eigenvalue weighted by Crippen LogP contribution is -2.46. The van der Waals surface area contributed by atoms with Crippen molar-refractivity contribution >= 4 is 13.7 Å². The van der Waals surface area contributed by atoms with Crippen LogP contribution in [0.25, 0.3) is 0 Å². The van der Waals surface area contributed by atoms with Gasteiger partial charge in [-0.1, -0.05) is 204 Å². The molecule has 5 N–H and O–H groups in total. The standard InChI is InChI=1S/C47H89N2O6P/c1-3-5-7-9-11-13-15-17-19-21-23-25-27-29-31-33-35-37-39-41-47(51)49-45(44-55-56(52,53)54-43-42-48)46(50)40-38-36-34-32-30-28-26-24-22-20-18-16-14-12-10-8-6-4-2/h5,7,11,13,17,19,23,25,45-46,50H,3-4,6,8-10,12,14-16,18,20-22,24,26-44,48H2,1-2H3,(H,49,51)(H,52,53)/b7-5-,13-11-,19-17-,25-23-. The van der Waals surface area contributed by atoms with Gasteiger partial charge in [-0.3, -0.25) is 13.8 Å². The lowest BCUT2D eigenvalue weighted by atomic mass is 10.0. The molecule has 0 aliphatic carbocycles. The Kier molecular flexibility index (Phi) is 41.9. The Hall–Kier alpha value is -1.54. The first kappa shape index (κ1) is 54.5. The van der Waals surface area contributed by atoms with Gasteiger partial charge in [0.1, 0.15) is 0 Å². The van der Waals surface area contributed by atoms with Gasteiger partial charge in [0, 0.05) is 13.0 Å². The number of allylic oxidation sites excluding steroid dienone is 8. The van der Waals surface area contributed by atoms with Crippen LogP contribution in [0, 0.1) is 0 Å². The summed E-state index contributed by atoms with van der Waals surface area (Å²) >= 11 is 0. The molecular formula is C47H89N2O6P. The molecule has 1 amide bonds. The van der Waals surface area contributed by atoms with Gasteiger partial charge >= 0.3 is 7.82 Å². The zero-order chi connectivity index (χ0) is 41.1. The Morgan fingerprint density at radius 2 is 1.04 bits per heavy atom. The van der Waals surface area contributed by atoms with Crippen molar-refractivity contribution in [1.82, 2.24) is 5.32 Å². The number of phosphoric acid groups is 1. The number of nitrogens with two attached hydrogens (primary N) is 1. The molecule has 328 valence electrons. The fourth-order valence-electron chi connectivity index (χ4n) is 6.72. The second kappa shape index (κ2) is 43.0. The van der Waals surface area contributed by atoms with Crippen LogP contribution in [0.1, 0.15) is 213 Å². The molecule has 0 aliphatic rings. The molecule has 0 fully saturated rings. The first-order chi connectivity index (χ1) is 27.4. The molecule has 0 aromatic carbocycles. The molecule has 0 aliphatic heterocycles. The maximum absolute atomic E-state index is 12.8. The highest BCUT2D eigenvalue weighted by molar-refractivity contribution is 7.47. The van der Waals surface area contributed by atoms with Crippen LogP contribution in [0.5, 0.6) is 0 Å². The van der Waals surface area contributed by atoms with E-state index in [1.807, 2.05) is 0 Å². The molecule has 0 radical (unpaired) electrons. The summed E-state index contributed by atoms with van der Waals surface area (Å²) in [4.78, 5) is 22.8.